The summed E-state index contributed by atoms with van der Waals surface area (Å²) in [6.45, 7) is 4.50. The van der Waals surface area contributed by atoms with E-state index in [4.69, 9.17) is 30.2 Å². The van der Waals surface area contributed by atoms with E-state index in [9.17, 15) is 0 Å². The Morgan fingerprint density at radius 3 is 1.94 bits per heavy atom. The summed E-state index contributed by atoms with van der Waals surface area (Å²) in [5.41, 5.74) is 13.0. The summed E-state index contributed by atoms with van der Waals surface area (Å²) in [6, 6.07) is 0. The van der Waals surface area contributed by atoms with E-state index in [1.54, 1.807) is 14.2 Å². The van der Waals surface area contributed by atoms with E-state index >= 15 is 0 Å². The van der Waals surface area contributed by atoms with Crippen molar-refractivity contribution in [3.63, 3.8) is 0 Å². The van der Waals surface area contributed by atoms with Gasteiger partial charge in [0.25, 0.3) is 0 Å². The summed E-state index contributed by atoms with van der Waals surface area (Å²) in [7, 11) is 3.25. The highest BCUT2D eigenvalue weighted by Crippen LogP contribution is 1.77. The normalized spacial score (nSPS) is 9.28. The lowest BCUT2D eigenvalue weighted by molar-refractivity contribution is 0.0747. The third-order valence-electron chi connectivity index (χ3n) is 1.52. The Morgan fingerprint density at radius 2 is 1.50 bits per heavy atom. The molecule has 0 unspecified atom stereocenters. The minimum absolute atomic E-state index is 0.389. The quantitative estimate of drug-likeness (QED) is 0.254. The zero-order chi connectivity index (χ0) is 13.9. The third-order valence-corrected chi connectivity index (χ3v) is 1.52. The number of rotatable bonds is 11. The predicted octanol–water partition coefficient (Wildman–Crippen LogP) is 0.568. The van der Waals surface area contributed by atoms with Gasteiger partial charge in [-0.1, -0.05) is 5.11 Å². The number of hydrogen-bond donors (Lipinski definition) is 1. The van der Waals surface area contributed by atoms with Crippen LogP contribution in [0.2, 0.25) is 0 Å². The highest BCUT2D eigenvalue weighted by molar-refractivity contribution is 4.43. The van der Waals surface area contributed by atoms with Gasteiger partial charge in [0.2, 0.25) is 0 Å². The highest BCUT2D eigenvalue weighted by atomic mass is 16.5. The molecule has 0 bridgehead atoms. The fourth-order valence-electron chi connectivity index (χ4n) is 0.722. The van der Waals surface area contributed by atoms with Gasteiger partial charge in [-0.3, -0.25) is 0 Å². The smallest absolute Gasteiger partial charge is 0.0700 e. The Kier molecular flexibility index (Phi) is 23.1. The Balaban J connectivity index is 0. The van der Waals surface area contributed by atoms with Crippen molar-refractivity contribution in [1.29, 1.82) is 0 Å². The fourth-order valence-corrected chi connectivity index (χ4v) is 0.722. The van der Waals surface area contributed by atoms with Crippen molar-refractivity contribution in [3.05, 3.63) is 10.4 Å². The van der Waals surface area contributed by atoms with Crippen LogP contribution in [0, 0.1) is 0 Å². The number of methoxy groups -OCH3 is 2. The van der Waals surface area contributed by atoms with Crippen LogP contribution in [0.15, 0.2) is 5.11 Å². The summed E-state index contributed by atoms with van der Waals surface area (Å²) in [5.74, 6) is 0. The SMILES string of the molecule is COCCOCCN.COCCOCCN=[N+]=[N-]. The standard InChI is InChI=1S/C5H11N3O2.C5H13NO2/c1-9-4-5-10-3-2-7-8-6;1-7-4-5-8-3-2-6/h2-5H2,1H3;2-6H2,1H3. The van der Waals surface area contributed by atoms with Crippen LogP contribution in [0.5, 0.6) is 0 Å². The molecule has 2 N–H and O–H groups in total. The molecule has 0 saturated carbocycles. The van der Waals surface area contributed by atoms with Crippen molar-refractivity contribution in [2.24, 2.45) is 10.8 Å². The summed E-state index contributed by atoms with van der Waals surface area (Å²) in [4.78, 5) is 2.57. The van der Waals surface area contributed by atoms with Gasteiger partial charge in [0, 0.05) is 32.2 Å². The molecule has 0 saturated heterocycles. The molecule has 8 nitrogen and oxygen atoms in total. The van der Waals surface area contributed by atoms with Gasteiger partial charge < -0.3 is 24.7 Å². The number of azide groups is 1. The lowest BCUT2D eigenvalue weighted by Gasteiger charge is -1.98. The van der Waals surface area contributed by atoms with Gasteiger partial charge in [-0.25, -0.2) is 0 Å². The van der Waals surface area contributed by atoms with Crippen LogP contribution in [0.4, 0.5) is 0 Å². The van der Waals surface area contributed by atoms with Crippen LogP contribution in [0.25, 0.3) is 10.4 Å². The first-order chi connectivity index (χ1) is 8.83. The third kappa shape index (κ3) is 24.4. The van der Waals surface area contributed by atoms with Gasteiger partial charge >= 0.3 is 0 Å². The fraction of sp³-hybridized carbons (Fsp3) is 1.00. The molecule has 0 radical (unpaired) electrons. The van der Waals surface area contributed by atoms with E-state index in [2.05, 4.69) is 10.0 Å². The molecular weight excluding hydrogens is 240 g/mol. The van der Waals surface area contributed by atoms with Crippen molar-refractivity contribution in [2.75, 3.05) is 67.0 Å². The van der Waals surface area contributed by atoms with Gasteiger partial charge in [-0.15, -0.1) is 0 Å². The molecule has 0 rings (SSSR count). The van der Waals surface area contributed by atoms with E-state index in [1.807, 2.05) is 0 Å². The van der Waals surface area contributed by atoms with Crippen molar-refractivity contribution in [1.82, 2.24) is 0 Å². The topological polar surface area (TPSA) is 112 Å². The first-order valence-corrected chi connectivity index (χ1v) is 5.67. The zero-order valence-corrected chi connectivity index (χ0v) is 11.2. The first-order valence-electron chi connectivity index (χ1n) is 5.67. The number of ether oxygens (including phenoxy) is 4. The van der Waals surface area contributed by atoms with Crippen LogP contribution in [-0.2, 0) is 18.9 Å². The molecule has 0 spiro atoms. The molecule has 0 atom stereocenters. The van der Waals surface area contributed by atoms with Crippen LogP contribution in [0.3, 0.4) is 0 Å². The molecule has 0 aromatic rings. The lowest BCUT2D eigenvalue weighted by atomic mass is 10.7. The average molecular weight is 264 g/mol. The van der Waals surface area contributed by atoms with Crippen LogP contribution < -0.4 is 5.73 Å². The monoisotopic (exact) mass is 264 g/mol. The molecule has 18 heavy (non-hydrogen) atoms. The van der Waals surface area contributed by atoms with Crippen LogP contribution in [0.1, 0.15) is 0 Å². The molecule has 108 valence electrons. The second kappa shape index (κ2) is 21.4. The van der Waals surface area contributed by atoms with Gasteiger partial charge in [-0.05, 0) is 5.53 Å². The van der Waals surface area contributed by atoms with E-state index in [0.717, 1.165) is 0 Å². The lowest BCUT2D eigenvalue weighted by Crippen LogP contribution is -2.11. The first kappa shape index (κ1) is 19.4. The molecule has 8 heteroatoms. The van der Waals surface area contributed by atoms with Crippen molar-refractivity contribution in [3.8, 4) is 0 Å². The molecule has 0 aliphatic rings. The van der Waals surface area contributed by atoms with E-state index < -0.39 is 0 Å². The molecule has 0 fully saturated rings. The Morgan fingerprint density at radius 1 is 0.944 bits per heavy atom. The maximum Gasteiger partial charge on any atom is 0.0700 e. The summed E-state index contributed by atoms with van der Waals surface area (Å²) < 4.78 is 19.4. The second-order valence-electron chi connectivity index (χ2n) is 2.95. The Labute approximate surface area is 108 Å². The van der Waals surface area contributed by atoms with Gasteiger partial charge in [-0.2, -0.15) is 0 Å². The van der Waals surface area contributed by atoms with Crippen molar-refractivity contribution >= 4 is 0 Å². The molecule has 0 heterocycles. The maximum absolute atomic E-state index is 7.85. The second-order valence-corrected chi connectivity index (χ2v) is 2.95. The van der Waals surface area contributed by atoms with Crippen LogP contribution in [-0.4, -0.2) is 67.0 Å². The maximum atomic E-state index is 7.85. The van der Waals surface area contributed by atoms with Crippen molar-refractivity contribution < 1.29 is 18.9 Å². The number of nitrogens with two attached hydrogens (primary N) is 1. The van der Waals surface area contributed by atoms with Gasteiger partial charge in [0.15, 0.2) is 0 Å². The van der Waals surface area contributed by atoms with E-state index in [1.165, 1.54) is 0 Å². The zero-order valence-electron chi connectivity index (χ0n) is 11.2. The average Bonchev–Trinajstić information content (AvgIpc) is 2.40. The predicted molar refractivity (Wildman–Crippen MR) is 68.5 cm³/mol. The molecule has 0 aromatic carbocycles. The molecule has 0 aliphatic carbocycles. The van der Waals surface area contributed by atoms with Crippen LogP contribution >= 0.6 is 0 Å². The Bertz CT molecular complexity index is 183. The van der Waals surface area contributed by atoms with Gasteiger partial charge in [0.05, 0.1) is 39.6 Å². The number of hydrogen-bond acceptors (Lipinski definition) is 6. The van der Waals surface area contributed by atoms with Gasteiger partial charge in [0.1, 0.15) is 0 Å². The highest BCUT2D eigenvalue weighted by Gasteiger charge is 1.84. The summed E-state index contributed by atoms with van der Waals surface area (Å²) >= 11 is 0. The Hall–Kier alpha value is -0.890. The largest absolute Gasteiger partial charge is 0.382 e. The molecule has 0 aromatic heterocycles. The van der Waals surface area contributed by atoms with E-state index in [0.29, 0.717) is 52.7 Å². The number of nitrogens with zero attached hydrogens (tertiary/aromatic N) is 3. The molecule has 0 amide bonds. The van der Waals surface area contributed by atoms with Crippen molar-refractivity contribution in [2.45, 2.75) is 0 Å². The van der Waals surface area contributed by atoms with E-state index in [-0.39, 0.29) is 0 Å². The minimum atomic E-state index is 0.389. The summed E-state index contributed by atoms with van der Waals surface area (Å²) in [6.07, 6.45) is 0. The summed E-state index contributed by atoms with van der Waals surface area (Å²) in [5, 5.41) is 3.28. The molecular formula is C10H24N4O4. The molecule has 0 aliphatic heterocycles. The minimum Gasteiger partial charge on any atom is -0.382 e.